The average Bonchev–Trinajstić information content (AvgIpc) is 2.96. The van der Waals surface area contributed by atoms with Gasteiger partial charge in [0.05, 0.1) is 5.52 Å². The standard InChI is InChI=1S/C12H7NO2S/c14-6-10-3-4-12(15-10)8-1-2-9-7-16-13-11(9)5-8/h1-7H. The number of aromatic nitrogens is 1. The Bertz CT molecular complexity index is 654. The van der Waals surface area contributed by atoms with E-state index >= 15 is 0 Å². The van der Waals surface area contributed by atoms with E-state index < -0.39 is 0 Å². The minimum Gasteiger partial charge on any atom is -0.453 e. The van der Waals surface area contributed by atoms with Crippen molar-refractivity contribution in [1.82, 2.24) is 4.37 Å². The SMILES string of the molecule is O=Cc1ccc(-c2ccc3csnc3c2)o1. The number of fused-ring (bicyclic) bond motifs is 1. The maximum atomic E-state index is 10.5. The van der Waals surface area contributed by atoms with E-state index in [9.17, 15) is 4.79 Å². The molecule has 0 saturated carbocycles. The minimum absolute atomic E-state index is 0.341. The second-order valence-corrected chi connectivity index (χ2v) is 4.04. The monoisotopic (exact) mass is 229 g/mol. The first-order valence-electron chi connectivity index (χ1n) is 4.76. The van der Waals surface area contributed by atoms with E-state index in [0.717, 1.165) is 16.5 Å². The van der Waals surface area contributed by atoms with E-state index in [4.69, 9.17) is 4.42 Å². The van der Waals surface area contributed by atoms with Crippen molar-refractivity contribution in [2.45, 2.75) is 0 Å². The third kappa shape index (κ3) is 1.44. The molecule has 1 aromatic carbocycles. The van der Waals surface area contributed by atoms with Gasteiger partial charge in [0.25, 0.3) is 0 Å². The normalized spacial score (nSPS) is 10.8. The zero-order chi connectivity index (χ0) is 11.0. The van der Waals surface area contributed by atoms with Crippen LogP contribution in [-0.4, -0.2) is 10.7 Å². The molecule has 16 heavy (non-hydrogen) atoms. The van der Waals surface area contributed by atoms with Gasteiger partial charge in [-0.25, -0.2) is 0 Å². The molecule has 3 nitrogen and oxygen atoms in total. The van der Waals surface area contributed by atoms with Gasteiger partial charge in [0.2, 0.25) is 0 Å². The third-order valence-electron chi connectivity index (χ3n) is 2.39. The lowest BCUT2D eigenvalue weighted by Crippen LogP contribution is -1.74. The van der Waals surface area contributed by atoms with E-state index in [-0.39, 0.29) is 0 Å². The summed E-state index contributed by atoms with van der Waals surface area (Å²) in [5.41, 5.74) is 1.89. The highest BCUT2D eigenvalue weighted by Crippen LogP contribution is 2.25. The fraction of sp³-hybridized carbons (Fsp3) is 0. The van der Waals surface area contributed by atoms with Crippen molar-refractivity contribution >= 4 is 28.7 Å². The van der Waals surface area contributed by atoms with Gasteiger partial charge in [-0.1, -0.05) is 12.1 Å². The van der Waals surface area contributed by atoms with E-state index in [1.165, 1.54) is 11.5 Å². The van der Waals surface area contributed by atoms with Gasteiger partial charge >= 0.3 is 0 Å². The summed E-state index contributed by atoms with van der Waals surface area (Å²) < 4.78 is 9.61. The van der Waals surface area contributed by atoms with Crippen molar-refractivity contribution in [3.05, 3.63) is 41.5 Å². The van der Waals surface area contributed by atoms with Crippen LogP contribution in [0.5, 0.6) is 0 Å². The predicted octanol–water partition coefficient (Wildman–Crippen LogP) is 3.37. The molecular formula is C12H7NO2S. The van der Waals surface area contributed by atoms with Gasteiger partial charge in [-0.15, -0.1) is 0 Å². The first-order valence-corrected chi connectivity index (χ1v) is 5.60. The van der Waals surface area contributed by atoms with E-state index in [1.807, 2.05) is 23.6 Å². The zero-order valence-corrected chi connectivity index (χ0v) is 9.03. The van der Waals surface area contributed by atoms with Gasteiger partial charge in [-0.05, 0) is 29.7 Å². The molecular weight excluding hydrogens is 222 g/mol. The minimum atomic E-state index is 0.341. The van der Waals surface area contributed by atoms with Gasteiger partial charge < -0.3 is 4.42 Å². The first kappa shape index (κ1) is 9.30. The third-order valence-corrected chi connectivity index (χ3v) is 3.05. The van der Waals surface area contributed by atoms with Gasteiger partial charge in [-0.3, -0.25) is 4.79 Å². The lowest BCUT2D eigenvalue weighted by Gasteiger charge is -1.96. The molecule has 0 bridgehead atoms. The fourth-order valence-electron chi connectivity index (χ4n) is 1.59. The molecule has 2 heterocycles. The molecule has 0 aliphatic carbocycles. The van der Waals surface area contributed by atoms with E-state index in [0.29, 0.717) is 17.8 Å². The first-order chi connectivity index (χ1) is 7.86. The average molecular weight is 229 g/mol. The van der Waals surface area contributed by atoms with Gasteiger partial charge in [0.15, 0.2) is 12.0 Å². The molecule has 0 spiro atoms. The van der Waals surface area contributed by atoms with Crippen molar-refractivity contribution in [3.63, 3.8) is 0 Å². The number of carbonyl (C=O) groups excluding carboxylic acids is 1. The molecule has 0 amide bonds. The molecule has 3 aromatic rings. The summed E-state index contributed by atoms with van der Waals surface area (Å²) in [6.45, 7) is 0. The van der Waals surface area contributed by atoms with E-state index in [2.05, 4.69) is 4.37 Å². The smallest absolute Gasteiger partial charge is 0.185 e. The molecule has 0 fully saturated rings. The van der Waals surface area contributed by atoms with Crippen LogP contribution in [0.25, 0.3) is 22.2 Å². The Hall–Kier alpha value is -1.94. The Labute approximate surface area is 95.5 Å². The molecule has 2 aromatic heterocycles. The van der Waals surface area contributed by atoms with Crippen LogP contribution < -0.4 is 0 Å². The molecule has 3 rings (SSSR count). The highest BCUT2D eigenvalue weighted by Gasteiger charge is 2.05. The highest BCUT2D eigenvalue weighted by molar-refractivity contribution is 7.04. The lowest BCUT2D eigenvalue weighted by atomic mass is 10.1. The topological polar surface area (TPSA) is 43.1 Å². The second kappa shape index (κ2) is 3.57. The molecule has 0 unspecified atom stereocenters. The van der Waals surface area contributed by atoms with Crippen LogP contribution in [0.15, 0.2) is 40.1 Å². The summed E-state index contributed by atoms with van der Waals surface area (Å²) in [6, 6.07) is 9.37. The molecule has 78 valence electrons. The van der Waals surface area contributed by atoms with Crippen molar-refractivity contribution < 1.29 is 9.21 Å². The molecule has 0 saturated heterocycles. The van der Waals surface area contributed by atoms with Crippen LogP contribution in [0.2, 0.25) is 0 Å². The number of carbonyl (C=O) groups is 1. The summed E-state index contributed by atoms with van der Waals surface area (Å²) in [4.78, 5) is 10.5. The molecule has 4 heteroatoms. The number of aldehydes is 1. The Morgan fingerprint density at radius 3 is 3.00 bits per heavy atom. The van der Waals surface area contributed by atoms with Crippen LogP contribution in [-0.2, 0) is 0 Å². The van der Waals surface area contributed by atoms with Gasteiger partial charge in [-0.2, -0.15) is 4.37 Å². The number of hydrogen-bond donors (Lipinski definition) is 0. The molecule has 0 N–H and O–H groups in total. The van der Waals surface area contributed by atoms with Crippen LogP contribution >= 0.6 is 11.5 Å². The number of rotatable bonds is 2. The lowest BCUT2D eigenvalue weighted by molar-refractivity contribution is 0.110. The Morgan fingerprint density at radius 1 is 1.25 bits per heavy atom. The zero-order valence-electron chi connectivity index (χ0n) is 8.21. The summed E-state index contributed by atoms with van der Waals surface area (Å²) in [7, 11) is 0. The summed E-state index contributed by atoms with van der Waals surface area (Å²) in [6.07, 6.45) is 0.699. The van der Waals surface area contributed by atoms with Crippen molar-refractivity contribution in [3.8, 4) is 11.3 Å². The molecule has 0 aliphatic heterocycles. The van der Waals surface area contributed by atoms with E-state index in [1.54, 1.807) is 12.1 Å². The Balaban J connectivity index is 2.13. The fourth-order valence-corrected chi connectivity index (χ4v) is 2.22. The molecule has 0 atom stereocenters. The van der Waals surface area contributed by atoms with Gasteiger partial charge in [0.1, 0.15) is 5.76 Å². The summed E-state index contributed by atoms with van der Waals surface area (Å²) in [5, 5.41) is 3.12. The number of benzene rings is 1. The van der Waals surface area contributed by atoms with Crippen LogP contribution in [0.1, 0.15) is 10.6 Å². The van der Waals surface area contributed by atoms with Crippen molar-refractivity contribution in [2.24, 2.45) is 0 Å². The largest absolute Gasteiger partial charge is 0.453 e. The molecule has 0 radical (unpaired) electrons. The number of nitrogens with zero attached hydrogens (tertiary/aromatic N) is 1. The van der Waals surface area contributed by atoms with Crippen LogP contribution in [0, 0.1) is 0 Å². The Kier molecular flexibility index (Phi) is 2.08. The predicted molar refractivity (Wildman–Crippen MR) is 62.7 cm³/mol. The highest BCUT2D eigenvalue weighted by atomic mass is 32.1. The number of hydrogen-bond acceptors (Lipinski definition) is 4. The van der Waals surface area contributed by atoms with Crippen molar-refractivity contribution in [2.75, 3.05) is 0 Å². The maximum Gasteiger partial charge on any atom is 0.185 e. The summed E-state index contributed by atoms with van der Waals surface area (Å²) >= 11 is 1.43. The maximum absolute atomic E-state index is 10.5. The molecule has 0 aliphatic rings. The Morgan fingerprint density at radius 2 is 2.19 bits per heavy atom. The van der Waals surface area contributed by atoms with Crippen LogP contribution in [0.3, 0.4) is 0 Å². The van der Waals surface area contributed by atoms with Crippen LogP contribution in [0.4, 0.5) is 0 Å². The summed E-state index contributed by atoms with van der Waals surface area (Å²) in [5.74, 6) is 1.03. The van der Waals surface area contributed by atoms with Gasteiger partial charge in [0, 0.05) is 16.3 Å². The quantitative estimate of drug-likeness (QED) is 0.633. The van der Waals surface area contributed by atoms with Crippen molar-refractivity contribution in [1.29, 1.82) is 0 Å². The number of furan rings is 1. The second-order valence-electron chi connectivity index (χ2n) is 3.41.